The second-order valence-corrected chi connectivity index (χ2v) is 8.58. The Morgan fingerprint density at radius 1 is 1.33 bits per heavy atom. The van der Waals surface area contributed by atoms with Gasteiger partial charge in [0.15, 0.2) is 0 Å². The molecule has 0 saturated carbocycles. The van der Waals surface area contributed by atoms with Crippen LogP contribution < -0.4 is 5.32 Å². The summed E-state index contributed by atoms with van der Waals surface area (Å²) >= 11 is 0. The van der Waals surface area contributed by atoms with Gasteiger partial charge in [-0.1, -0.05) is 30.3 Å². The maximum atomic E-state index is 12.5. The van der Waals surface area contributed by atoms with Gasteiger partial charge in [-0.25, -0.2) is 12.7 Å². The number of sulfonamides is 1. The Bertz CT molecular complexity index is 646. The second-order valence-electron chi connectivity index (χ2n) is 6.60. The number of carbonyl (C=O) groups excluding carboxylic acids is 1. The summed E-state index contributed by atoms with van der Waals surface area (Å²) in [5.41, 5.74) is 1.14. The van der Waals surface area contributed by atoms with Gasteiger partial charge in [-0.3, -0.25) is 4.79 Å². The van der Waals surface area contributed by atoms with Crippen molar-refractivity contribution in [2.24, 2.45) is 5.92 Å². The summed E-state index contributed by atoms with van der Waals surface area (Å²) in [5, 5.41) is 3.00. The average molecular weight is 353 g/mol. The molecule has 1 aromatic rings. The molecule has 24 heavy (non-hydrogen) atoms. The smallest absolute Gasteiger partial charge is 0.224 e. The molecule has 1 saturated heterocycles. The fourth-order valence-electron chi connectivity index (χ4n) is 3.07. The number of likely N-dealkylation sites (N-methyl/N-ethyl adjacent to an activating group) is 1. The van der Waals surface area contributed by atoms with Crippen LogP contribution in [-0.2, 0) is 14.8 Å². The third-order valence-corrected chi connectivity index (χ3v) is 5.77. The molecule has 2 atom stereocenters. The van der Waals surface area contributed by atoms with Crippen molar-refractivity contribution in [1.29, 1.82) is 0 Å². The lowest BCUT2D eigenvalue weighted by Gasteiger charge is -2.31. The Hall–Kier alpha value is -1.44. The van der Waals surface area contributed by atoms with E-state index < -0.39 is 10.0 Å². The zero-order valence-electron chi connectivity index (χ0n) is 14.6. The van der Waals surface area contributed by atoms with E-state index >= 15 is 0 Å². The van der Waals surface area contributed by atoms with Crippen LogP contribution in [0.2, 0.25) is 0 Å². The number of piperidine rings is 1. The number of amides is 1. The van der Waals surface area contributed by atoms with Gasteiger partial charge < -0.3 is 10.2 Å². The van der Waals surface area contributed by atoms with E-state index in [4.69, 9.17) is 0 Å². The normalized spacial score (nSPS) is 20.8. The van der Waals surface area contributed by atoms with Crippen LogP contribution in [0.25, 0.3) is 0 Å². The molecule has 1 aliphatic heterocycles. The van der Waals surface area contributed by atoms with Gasteiger partial charge in [-0.2, -0.15) is 0 Å². The lowest BCUT2D eigenvalue weighted by Crippen LogP contribution is -2.46. The van der Waals surface area contributed by atoms with E-state index in [1.165, 1.54) is 10.6 Å². The predicted octanol–water partition coefficient (Wildman–Crippen LogP) is 1.08. The van der Waals surface area contributed by atoms with E-state index in [0.29, 0.717) is 13.1 Å². The third-order valence-electron chi connectivity index (χ3n) is 4.50. The average Bonchev–Trinajstić information content (AvgIpc) is 2.55. The lowest BCUT2D eigenvalue weighted by molar-refractivity contribution is -0.126. The Morgan fingerprint density at radius 3 is 2.58 bits per heavy atom. The molecule has 0 radical (unpaired) electrons. The molecule has 0 aliphatic carbocycles. The van der Waals surface area contributed by atoms with Crippen LogP contribution in [-0.4, -0.2) is 63.5 Å². The van der Waals surface area contributed by atoms with Gasteiger partial charge in [0.1, 0.15) is 0 Å². The first-order valence-corrected chi connectivity index (χ1v) is 10.1. The topological polar surface area (TPSA) is 69.7 Å². The van der Waals surface area contributed by atoms with Gasteiger partial charge in [0.05, 0.1) is 18.2 Å². The first-order valence-electron chi connectivity index (χ1n) is 8.23. The van der Waals surface area contributed by atoms with E-state index in [9.17, 15) is 13.2 Å². The van der Waals surface area contributed by atoms with Crippen molar-refractivity contribution >= 4 is 15.9 Å². The molecule has 0 aromatic heterocycles. The molecular formula is C17H27N3O3S. The second kappa shape index (κ2) is 8.09. The maximum absolute atomic E-state index is 12.5. The first kappa shape index (κ1) is 18.9. The van der Waals surface area contributed by atoms with Crippen LogP contribution in [0.3, 0.4) is 0 Å². The number of hydrogen-bond acceptors (Lipinski definition) is 4. The van der Waals surface area contributed by atoms with Gasteiger partial charge in [0, 0.05) is 19.6 Å². The minimum atomic E-state index is -3.23. The molecule has 134 valence electrons. The fraction of sp³-hybridized carbons (Fsp3) is 0.588. The van der Waals surface area contributed by atoms with Crippen LogP contribution in [0.5, 0.6) is 0 Å². The van der Waals surface area contributed by atoms with Crippen LogP contribution in [0.4, 0.5) is 0 Å². The molecule has 1 amide bonds. The molecule has 1 heterocycles. The Kier molecular flexibility index (Phi) is 6.37. The monoisotopic (exact) mass is 353 g/mol. The molecule has 1 aromatic carbocycles. The SMILES string of the molecule is CN(C)C(CNC(=O)C1CCCN(S(C)(=O)=O)C1)c1ccccc1. The number of rotatable bonds is 6. The third kappa shape index (κ3) is 5.03. The van der Waals surface area contributed by atoms with Crippen molar-refractivity contribution in [3.05, 3.63) is 35.9 Å². The zero-order chi connectivity index (χ0) is 17.7. The summed E-state index contributed by atoms with van der Waals surface area (Å²) < 4.78 is 24.8. The molecule has 2 unspecified atom stereocenters. The van der Waals surface area contributed by atoms with Gasteiger partial charge in [-0.15, -0.1) is 0 Å². The summed E-state index contributed by atoms with van der Waals surface area (Å²) in [6, 6.07) is 10.1. The fourth-order valence-corrected chi connectivity index (χ4v) is 3.98. The number of nitrogens with zero attached hydrogens (tertiary/aromatic N) is 2. The summed E-state index contributed by atoms with van der Waals surface area (Å²) in [4.78, 5) is 14.5. The molecule has 6 nitrogen and oxygen atoms in total. The molecule has 1 fully saturated rings. The Labute approximate surface area is 144 Å². The number of nitrogens with one attached hydrogen (secondary N) is 1. The molecule has 1 N–H and O–H groups in total. The standard InChI is InChI=1S/C17H27N3O3S/c1-19(2)16(14-8-5-4-6-9-14)12-18-17(21)15-10-7-11-20(13-15)24(3,22)23/h4-6,8-9,15-16H,7,10-13H2,1-3H3,(H,18,21). The van der Waals surface area contributed by atoms with Crippen molar-refractivity contribution in [2.45, 2.75) is 18.9 Å². The molecule has 7 heteroatoms. The maximum Gasteiger partial charge on any atom is 0.224 e. The van der Waals surface area contributed by atoms with Gasteiger partial charge in [0.2, 0.25) is 15.9 Å². The summed E-state index contributed by atoms with van der Waals surface area (Å²) in [6.07, 6.45) is 2.65. The molecule has 1 aliphatic rings. The van der Waals surface area contributed by atoms with Crippen molar-refractivity contribution in [1.82, 2.24) is 14.5 Å². The van der Waals surface area contributed by atoms with E-state index in [-0.39, 0.29) is 24.4 Å². The van der Waals surface area contributed by atoms with Crippen molar-refractivity contribution in [3.8, 4) is 0 Å². The van der Waals surface area contributed by atoms with E-state index in [1.54, 1.807) is 0 Å². The minimum Gasteiger partial charge on any atom is -0.354 e. The van der Waals surface area contributed by atoms with Gasteiger partial charge >= 0.3 is 0 Å². The van der Waals surface area contributed by atoms with Gasteiger partial charge in [-0.05, 0) is 32.5 Å². The van der Waals surface area contributed by atoms with Crippen LogP contribution >= 0.6 is 0 Å². The molecular weight excluding hydrogens is 326 g/mol. The van der Waals surface area contributed by atoms with Gasteiger partial charge in [0.25, 0.3) is 0 Å². The van der Waals surface area contributed by atoms with Crippen molar-refractivity contribution in [3.63, 3.8) is 0 Å². The molecule has 0 spiro atoms. The molecule has 0 bridgehead atoms. The highest BCUT2D eigenvalue weighted by molar-refractivity contribution is 7.88. The van der Waals surface area contributed by atoms with E-state index in [1.807, 2.05) is 44.4 Å². The van der Waals surface area contributed by atoms with Crippen molar-refractivity contribution in [2.75, 3.05) is 40.0 Å². The van der Waals surface area contributed by atoms with Crippen molar-refractivity contribution < 1.29 is 13.2 Å². The Balaban J connectivity index is 1.96. The number of carbonyl (C=O) groups is 1. The highest BCUT2D eigenvalue weighted by Gasteiger charge is 2.30. The first-order chi connectivity index (χ1) is 11.3. The summed E-state index contributed by atoms with van der Waals surface area (Å²) in [5.74, 6) is -0.335. The van der Waals surface area contributed by atoms with Crippen LogP contribution in [0, 0.1) is 5.92 Å². The summed E-state index contributed by atoms with van der Waals surface area (Å²) in [7, 11) is 0.729. The quantitative estimate of drug-likeness (QED) is 0.831. The highest BCUT2D eigenvalue weighted by atomic mass is 32.2. The van der Waals surface area contributed by atoms with E-state index in [0.717, 1.165) is 18.4 Å². The lowest BCUT2D eigenvalue weighted by atomic mass is 9.98. The largest absolute Gasteiger partial charge is 0.354 e. The number of hydrogen-bond donors (Lipinski definition) is 1. The van der Waals surface area contributed by atoms with E-state index in [2.05, 4.69) is 10.2 Å². The highest BCUT2D eigenvalue weighted by Crippen LogP contribution is 2.20. The Morgan fingerprint density at radius 2 is 2.00 bits per heavy atom. The minimum absolute atomic E-state index is 0.0638. The van der Waals surface area contributed by atoms with Crippen LogP contribution in [0.1, 0.15) is 24.4 Å². The summed E-state index contributed by atoms with van der Waals surface area (Å²) in [6.45, 7) is 1.29. The van der Waals surface area contributed by atoms with Crippen LogP contribution in [0.15, 0.2) is 30.3 Å². The number of benzene rings is 1. The zero-order valence-corrected chi connectivity index (χ0v) is 15.4. The predicted molar refractivity (Wildman–Crippen MR) is 95.0 cm³/mol. The molecule has 2 rings (SSSR count).